The summed E-state index contributed by atoms with van der Waals surface area (Å²) in [4.78, 5) is 11.7. The number of benzene rings is 1. The largest absolute Gasteiger partial charge is 0.388 e. The number of carbonyl (C=O) groups is 1. The molecule has 112 valence electrons. The van der Waals surface area contributed by atoms with Gasteiger partial charge in [-0.15, -0.1) is 0 Å². The molecule has 0 radical (unpaired) electrons. The van der Waals surface area contributed by atoms with Gasteiger partial charge >= 0.3 is 6.03 Å². The van der Waals surface area contributed by atoms with Crippen LogP contribution in [0.2, 0.25) is 0 Å². The van der Waals surface area contributed by atoms with Crippen LogP contribution >= 0.6 is 0 Å². The molecule has 0 saturated carbocycles. The van der Waals surface area contributed by atoms with E-state index in [0.717, 1.165) is 12.8 Å². The van der Waals surface area contributed by atoms with Crippen molar-refractivity contribution in [1.29, 1.82) is 0 Å². The van der Waals surface area contributed by atoms with Gasteiger partial charge in [0.25, 0.3) is 0 Å². The maximum absolute atomic E-state index is 13.4. The monoisotopic (exact) mass is 282 g/mol. The highest BCUT2D eigenvalue weighted by molar-refractivity contribution is 5.89. The van der Waals surface area contributed by atoms with Crippen molar-refractivity contribution >= 4 is 11.7 Å². The van der Waals surface area contributed by atoms with E-state index in [2.05, 4.69) is 10.6 Å². The zero-order valence-corrected chi connectivity index (χ0v) is 12.1. The molecule has 0 unspecified atom stereocenters. The molecule has 3 N–H and O–H groups in total. The number of urea groups is 1. The highest BCUT2D eigenvalue weighted by atomic mass is 19.1. The van der Waals surface area contributed by atoms with E-state index in [1.54, 1.807) is 12.1 Å². The summed E-state index contributed by atoms with van der Waals surface area (Å²) in [6.07, 6.45) is 2.93. The number of halogens is 1. The van der Waals surface area contributed by atoms with Crippen molar-refractivity contribution in [2.24, 2.45) is 0 Å². The van der Waals surface area contributed by atoms with Crippen LogP contribution in [0.3, 0.4) is 0 Å². The van der Waals surface area contributed by atoms with E-state index >= 15 is 0 Å². The molecule has 2 amide bonds. The first-order valence-corrected chi connectivity index (χ1v) is 7.02. The molecule has 0 aliphatic heterocycles. The summed E-state index contributed by atoms with van der Waals surface area (Å²) in [6.45, 7) is 4.13. The fourth-order valence-electron chi connectivity index (χ4n) is 2.21. The molecular formula is C15H23FN2O2. The SMILES string of the molecule is CCCC(O)(CCC)CNC(=O)Nc1ccccc1F. The molecule has 0 aliphatic rings. The first kappa shape index (κ1) is 16.4. The second-order valence-corrected chi connectivity index (χ2v) is 5.01. The molecule has 4 nitrogen and oxygen atoms in total. The zero-order chi connectivity index (χ0) is 15.0. The third-order valence-corrected chi connectivity index (χ3v) is 3.13. The molecule has 5 heteroatoms. The first-order valence-electron chi connectivity index (χ1n) is 7.02. The van der Waals surface area contributed by atoms with E-state index < -0.39 is 17.4 Å². The van der Waals surface area contributed by atoms with Gasteiger partial charge in [0.05, 0.1) is 11.3 Å². The lowest BCUT2D eigenvalue weighted by atomic mass is 9.93. The standard InChI is InChI=1S/C15H23FN2O2/c1-3-9-15(20,10-4-2)11-17-14(19)18-13-8-6-5-7-12(13)16/h5-8,20H,3-4,9-11H2,1-2H3,(H2,17,18,19). The van der Waals surface area contributed by atoms with Crippen LogP contribution in [-0.2, 0) is 0 Å². The van der Waals surface area contributed by atoms with Gasteiger partial charge < -0.3 is 15.7 Å². The third-order valence-electron chi connectivity index (χ3n) is 3.13. The fraction of sp³-hybridized carbons (Fsp3) is 0.533. The van der Waals surface area contributed by atoms with Gasteiger partial charge in [-0.3, -0.25) is 0 Å². The Morgan fingerprint density at radius 2 is 1.85 bits per heavy atom. The van der Waals surface area contributed by atoms with E-state index in [4.69, 9.17) is 0 Å². The Bertz CT molecular complexity index is 432. The van der Waals surface area contributed by atoms with E-state index in [1.165, 1.54) is 12.1 Å². The number of nitrogens with one attached hydrogen (secondary N) is 2. The summed E-state index contributed by atoms with van der Waals surface area (Å²) < 4.78 is 13.4. The number of aliphatic hydroxyl groups is 1. The molecule has 20 heavy (non-hydrogen) atoms. The Morgan fingerprint density at radius 3 is 2.40 bits per heavy atom. The highest BCUT2D eigenvalue weighted by Crippen LogP contribution is 2.18. The fourth-order valence-corrected chi connectivity index (χ4v) is 2.21. The van der Waals surface area contributed by atoms with Gasteiger partial charge in [-0.05, 0) is 25.0 Å². The quantitative estimate of drug-likeness (QED) is 0.718. The van der Waals surface area contributed by atoms with Gasteiger partial charge in [-0.2, -0.15) is 0 Å². The van der Waals surface area contributed by atoms with Crippen LogP contribution in [0.25, 0.3) is 0 Å². The smallest absolute Gasteiger partial charge is 0.319 e. The van der Waals surface area contributed by atoms with Gasteiger partial charge in [0.15, 0.2) is 0 Å². The summed E-state index contributed by atoms with van der Waals surface area (Å²) in [5.74, 6) is -0.486. The Labute approximate surface area is 119 Å². The number of amides is 2. The van der Waals surface area contributed by atoms with Gasteiger partial charge in [-0.25, -0.2) is 9.18 Å². The minimum absolute atomic E-state index is 0.125. The molecule has 0 spiro atoms. The van der Waals surface area contributed by atoms with Crippen LogP contribution in [-0.4, -0.2) is 23.3 Å². The molecule has 0 fully saturated rings. The van der Waals surface area contributed by atoms with E-state index in [1.807, 2.05) is 13.8 Å². The summed E-state index contributed by atoms with van der Waals surface area (Å²) >= 11 is 0. The molecule has 0 aliphatic carbocycles. The topological polar surface area (TPSA) is 61.4 Å². The minimum atomic E-state index is -0.893. The van der Waals surface area contributed by atoms with Crippen molar-refractivity contribution in [3.63, 3.8) is 0 Å². The van der Waals surface area contributed by atoms with Crippen molar-refractivity contribution in [3.05, 3.63) is 30.1 Å². The lowest BCUT2D eigenvalue weighted by molar-refractivity contribution is 0.0245. The van der Waals surface area contributed by atoms with Gasteiger partial charge in [0, 0.05) is 6.54 Å². The maximum Gasteiger partial charge on any atom is 0.319 e. The first-order chi connectivity index (χ1) is 9.50. The summed E-state index contributed by atoms with van der Waals surface area (Å²) in [5, 5.41) is 15.4. The molecule has 0 heterocycles. The van der Waals surface area contributed by atoms with Crippen molar-refractivity contribution in [1.82, 2.24) is 5.32 Å². The van der Waals surface area contributed by atoms with Crippen molar-refractivity contribution in [2.75, 3.05) is 11.9 Å². The van der Waals surface area contributed by atoms with Crippen LogP contribution < -0.4 is 10.6 Å². The molecule has 1 aromatic rings. The molecule has 1 aromatic carbocycles. The second kappa shape index (κ2) is 7.85. The van der Waals surface area contributed by atoms with Crippen molar-refractivity contribution < 1.29 is 14.3 Å². The number of para-hydroxylation sites is 1. The van der Waals surface area contributed by atoms with E-state index in [0.29, 0.717) is 12.8 Å². The number of hydrogen-bond donors (Lipinski definition) is 3. The highest BCUT2D eigenvalue weighted by Gasteiger charge is 2.25. The third kappa shape index (κ3) is 5.17. The number of hydrogen-bond acceptors (Lipinski definition) is 2. The van der Waals surface area contributed by atoms with Gasteiger partial charge in [-0.1, -0.05) is 38.8 Å². The van der Waals surface area contributed by atoms with Gasteiger partial charge in [0.2, 0.25) is 0 Å². The zero-order valence-electron chi connectivity index (χ0n) is 12.1. The molecule has 0 bridgehead atoms. The molecule has 0 saturated heterocycles. The number of carbonyl (C=O) groups excluding carboxylic acids is 1. The van der Waals surface area contributed by atoms with Crippen LogP contribution in [0, 0.1) is 5.82 Å². The van der Waals surface area contributed by atoms with Crippen LogP contribution in [0.15, 0.2) is 24.3 Å². The lowest BCUT2D eigenvalue weighted by Crippen LogP contribution is -2.44. The van der Waals surface area contributed by atoms with Crippen LogP contribution in [0.1, 0.15) is 39.5 Å². The summed E-state index contributed by atoms with van der Waals surface area (Å²) in [6, 6.07) is 5.45. The second-order valence-electron chi connectivity index (χ2n) is 5.01. The Kier molecular flexibility index (Phi) is 6.45. The summed E-state index contributed by atoms with van der Waals surface area (Å²) in [7, 11) is 0. The minimum Gasteiger partial charge on any atom is -0.388 e. The van der Waals surface area contributed by atoms with Crippen molar-refractivity contribution in [2.45, 2.75) is 45.1 Å². The van der Waals surface area contributed by atoms with Crippen molar-refractivity contribution in [3.8, 4) is 0 Å². The Morgan fingerprint density at radius 1 is 1.25 bits per heavy atom. The summed E-state index contributed by atoms with van der Waals surface area (Å²) in [5.41, 5.74) is -0.768. The predicted octanol–water partition coefficient (Wildman–Crippen LogP) is 3.28. The van der Waals surface area contributed by atoms with E-state index in [9.17, 15) is 14.3 Å². The lowest BCUT2D eigenvalue weighted by Gasteiger charge is -2.27. The van der Waals surface area contributed by atoms with E-state index in [-0.39, 0.29) is 12.2 Å². The Balaban J connectivity index is 2.52. The normalized spacial score (nSPS) is 11.2. The molecule has 0 aromatic heterocycles. The maximum atomic E-state index is 13.4. The predicted molar refractivity (Wildman–Crippen MR) is 78.2 cm³/mol. The van der Waals surface area contributed by atoms with Gasteiger partial charge in [0.1, 0.15) is 5.82 Å². The Hall–Kier alpha value is -1.62. The van der Waals surface area contributed by atoms with Crippen LogP contribution in [0.4, 0.5) is 14.9 Å². The number of anilines is 1. The number of rotatable bonds is 7. The average Bonchev–Trinajstić information content (AvgIpc) is 2.40. The average molecular weight is 282 g/mol. The molecular weight excluding hydrogens is 259 g/mol. The molecule has 1 rings (SSSR count). The van der Waals surface area contributed by atoms with Crippen LogP contribution in [0.5, 0.6) is 0 Å². The molecule has 0 atom stereocenters.